The molecule has 14 heavy (non-hydrogen) atoms. The zero-order valence-electron chi connectivity index (χ0n) is 7.92. The normalized spacial score (nSPS) is 17.4. The van der Waals surface area contributed by atoms with Gasteiger partial charge in [0.05, 0.1) is 12.7 Å². The quantitative estimate of drug-likeness (QED) is 0.513. The Morgan fingerprint density at radius 3 is 2.36 bits per heavy atom. The predicted molar refractivity (Wildman–Crippen MR) is 56.0 cm³/mol. The van der Waals surface area contributed by atoms with Crippen molar-refractivity contribution in [3.05, 3.63) is 30.3 Å². The van der Waals surface area contributed by atoms with E-state index in [1.165, 1.54) is 6.92 Å². The van der Waals surface area contributed by atoms with E-state index >= 15 is 0 Å². The van der Waals surface area contributed by atoms with Gasteiger partial charge in [0.1, 0.15) is 0 Å². The highest BCUT2D eigenvalue weighted by atomic mass is 32.2. The minimum Gasteiger partial charge on any atom is -0.392 e. The van der Waals surface area contributed by atoms with E-state index in [4.69, 9.17) is 5.11 Å². The summed E-state index contributed by atoms with van der Waals surface area (Å²) in [6.45, 7) is 0.969. The fourth-order valence-corrected chi connectivity index (χ4v) is 1.88. The van der Waals surface area contributed by atoms with Gasteiger partial charge in [-0.15, -0.1) is 0 Å². The Labute approximate surface area is 87.4 Å². The first-order chi connectivity index (χ1) is 6.58. The van der Waals surface area contributed by atoms with Crippen LogP contribution in [0.5, 0.6) is 0 Å². The van der Waals surface area contributed by atoms with E-state index in [-0.39, 0.29) is 0 Å². The van der Waals surface area contributed by atoms with E-state index in [9.17, 15) is 10.2 Å². The van der Waals surface area contributed by atoms with Crippen LogP contribution in [0.4, 0.5) is 0 Å². The van der Waals surface area contributed by atoms with Crippen molar-refractivity contribution in [3.8, 4) is 0 Å². The summed E-state index contributed by atoms with van der Waals surface area (Å²) < 4.78 is 0. The van der Waals surface area contributed by atoms with Crippen LogP contribution in [-0.2, 0) is 0 Å². The van der Waals surface area contributed by atoms with E-state index in [0.717, 1.165) is 16.7 Å². The van der Waals surface area contributed by atoms with E-state index in [1.54, 1.807) is 0 Å². The van der Waals surface area contributed by atoms with Crippen LogP contribution in [-0.4, -0.2) is 33.0 Å². The summed E-state index contributed by atoms with van der Waals surface area (Å²) in [5, 5.41) is 28.1. The fraction of sp³-hybridized carbons (Fsp3) is 0.400. The number of hydrogen-bond acceptors (Lipinski definition) is 4. The largest absolute Gasteiger partial charge is 0.392 e. The topological polar surface area (TPSA) is 60.7 Å². The van der Waals surface area contributed by atoms with Crippen molar-refractivity contribution in [2.45, 2.75) is 22.9 Å². The van der Waals surface area contributed by atoms with Gasteiger partial charge in [0.2, 0.25) is 0 Å². The summed E-state index contributed by atoms with van der Waals surface area (Å²) in [5.74, 6) is 0. The Balaban J connectivity index is 2.76. The molecular formula is C10H14O3S. The Bertz CT molecular complexity index is 276. The highest BCUT2D eigenvalue weighted by molar-refractivity contribution is 8.00. The molecular weight excluding hydrogens is 200 g/mol. The maximum atomic E-state index is 9.81. The summed E-state index contributed by atoms with van der Waals surface area (Å²) in [4.78, 5) is -0.716. The molecule has 0 saturated carbocycles. The first-order valence-corrected chi connectivity index (χ1v) is 5.15. The van der Waals surface area contributed by atoms with Crippen molar-refractivity contribution in [1.82, 2.24) is 0 Å². The average molecular weight is 214 g/mol. The van der Waals surface area contributed by atoms with Gasteiger partial charge in [-0.3, -0.25) is 0 Å². The lowest BCUT2D eigenvalue weighted by Gasteiger charge is -2.27. The van der Waals surface area contributed by atoms with E-state index in [2.05, 4.69) is 0 Å². The number of aliphatic hydroxyl groups excluding tert-OH is 2. The van der Waals surface area contributed by atoms with Crippen molar-refractivity contribution in [2.24, 2.45) is 0 Å². The molecule has 0 aromatic heterocycles. The van der Waals surface area contributed by atoms with E-state index < -0.39 is 17.6 Å². The van der Waals surface area contributed by atoms with Gasteiger partial charge < -0.3 is 15.3 Å². The smallest absolute Gasteiger partial charge is 0.163 e. The maximum absolute atomic E-state index is 9.81. The first kappa shape index (κ1) is 11.5. The highest BCUT2D eigenvalue weighted by Crippen LogP contribution is 2.32. The summed E-state index contributed by atoms with van der Waals surface area (Å²) in [5.41, 5.74) is 0. The standard InChI is InChI=1S/C10H14O3S/c1-8(12)10(13,7-11)14-9-5-3-2-4-6-9/h2-6,8,11-13H,7H2,1H3. The molecule has 0 radical (unpaired) electrons. The molecule has 0 bridgehead atoms. The summed E-state index contributed by atoms with van der Waals surface area (Å²) in [7, 11) is 0. The van der Waals surface area contributed by atoms with Gasteiger partial charge in [-0.25, -0.2) is 0 Å². The molecule has 0 amide bonds. The average Bonchev–Trinajstić information content (AvgIpc) is 2.19. The lowest BCUT2D eigenvalue weighted by Crippen LogP contribution is -2.40. The predicted octanol–water partition coefficient (Wildman–Crippen LogP) is 0.840. The van der Waals surface area contributed by atoms with Gasteiger partial charge in [-0.2, -0.15) is 0 Å². The molecule has 4 heteroatoms. The minimum absolute atomic E-state index is 0.482. The van der Waals surface area contributed by atoms with Crippen LogP contribution in [0.15, 0.2) is 35.2 Å². The molecule has 0 fully saturated rings. The van der Waals surface area contributed by atoms with Crippen molar-refractivity contribution in [2.75, 3.05) is 6.61 Å². The zero-order valence-corrected chi connectivity index (χ0v) is 8.74. The van der Waals surface area contributed by atoms with Gasteiger partial charge in [0.25, 0.3) is 0 Å². The van der Waals surface area contributed by atoms with Gasteiger partial charge >= 0.3 is 0 Å². The monoisotopic (exact) mass is 214 g/mol. The SMILES string of the molecule is CC(O)C(O)(CO)Sc1ccccc1. The molecule has 0 saturated heterocycles. The molecule has 78 valence electrons. The van der Waals surface area contributed by atoms with Crippen LogP contribution >= 0.6 is 11.8 Å². The van der Waals surface area contributed by atoms with Crippen LogP contribution in [0, 0.1) is 0 Å². The van der Waals surface area contributed by atoms with Crippen LogP contribution in [0.2, 0.25) is 0 Å². The van der Waals surface area contributed by atoms with Crippen LogP contribution in [0.25, 0.3) is 0 Å². The van der Waals surface area contributed by atoms with Crippen LogP contribution < -0.4 is 0 Å². The molecule has 0 aliphatic carbocycles. The third-order valence-electron chi connectivity index (χ3n) is 1.92. The molecule has 0 spiro atoms. The van der Waals surface area contributed by atoms with Crippen molar-refractivity contribution in [1.29, 1.82) is 0 Å². The molecule has 0 aliphatic rings. The second-order valence-corrected chi connectivity index (χ2v) is 4.48. The number of rotatable bonds is 4. The van der Waals surface area contributed by atoms with Crippen molar-refractivity contribution in [3.63, 3.8) is 0 Å². The third kappa shape index (κ3) is 2.72. The molecule has 2 atom stereocenters. The van der Waals surface area contributed by atoms with E-state index in [0.29, 0.717) is 0 Å². The summed E-state index contributed by atoms with van der Waals surface area (Å²) >= 11 is 1.05. The Hall–Kier alpha value is -0.550. The van der Waals surface area contributed by atoms with Gasteiger partial charge in [0.15, 0.2) is 4.93 Å². The number of aliphatic hydroxyl groups is 3. The summed E-state index contributed by atoms with van der Waals surface area (Å²) in [6, 6.07) is 9.16. The molecule has 2 unspecified atom stereocenters. The van der Waals surface area contributed by atoms with E-state index in [1.807, 2.05) is 30.3 Å². The summed E-state index contributed by atoms with van der Waals surface area (Å²) in [6.07, 6.45) is -0.988. The van der Waals surface area contributed by atoms with Crippen molar-refractivity contribution >= 4 is 11.8 Å². The first-order valence-electron chi connectivity index (χ1n) is 4.34. The molecule has 3 N–H and O–H groups in total. The molecule has 1 aromatic rings. The Morgan fingerprint density at radius 1 is 1.36 bits per heavy atom. The molecule has 1 rings (SSSR count). The number of thioether (sulfide) groups is 1. The Morgan fingerprint density at radius 2 is 1.93 bits per heavy atom. The highest BCUT2D eigenvalue weighted by Gasteiger charge is 2.33. The van der Waals surface area contributed by atoms with Crippen LogP contribution in [0.1, 0.15) is 6.92 Å². The second kappa shape index (κ2) is 4.79. The van der Waals surface area contributed by atoms with Gasteiger partial charge in [-0.1, -0.05) is 30.0 Å². The van der Waals surface area contributed by atoms with Gasteiger partial charge in [-0.05, 0) is 19.1 Å². The fourth-order valence-electron chi connectivity index (χ4n) is 0.942. The minimum atomic E-state index is -1.53. The Kier molecular flexibility index (Phi) is 3.95. The zero-order chi connectivity index (χ0) is 10.6. The maximum Gasteiger partial charge on any atom is 0.163 e. The van der Waals surface area contributed by atoms with Crippen molar-refractivity contribution < 1.29 is 15.3 Å². The second-order valence-electron chi connectivity index (χ2n) is 3.09. The molecule has 1 aromatic carbocycles. The third-order valence-corrected chi connectivity index (χ3v) is 3.25. The van der Waals surface area contributed by atoms with Gasteiger partial charge in [0, 0.05) is 4.90 Å². The number of hydrogen-bond donors (Lipinski definition) is 3. The molecule has 3 nitrogen and oxygen atoms in total. The van der Waals surface area contributed by atoms with Crippen LogP contribution in [0.3, 0.4) is 0 Å². The lowest BCUT2D eigenvalue weighted by molar-refractivity contribution is -0.0306. The lowest BCUT2D eigenvalue weighted by atomic mass is 10.2. The molecule has 0 heterocycles. The molecule has 0 aliphatic heterocycles. The number of benzene rings is 1.